The Hall–Kier alpha value is -1.67. The summed E-state index contributed by atoms with van der Waals surface area (Å²) in [5.41, 5.74) is 10.6. The number of nitrogens with two attached hydrogens (primary N) is 2. The number of aromatic nitrogens is 2. The van der Waals surface area contributed by atoms with Crippen molar-refractivity contribution >= 4 is 37.4 Å². The SMILES string of the molecule is CS(=O)(=O)c1ccc(N)nc1.Nc1ccc(Br)cn1. The first kappa shape index (κ1) is 15.4. The fourth-order valence-corrected chi connectivity index (χ4v) is 1.79. The van der Waals surface area contributed by atoms with E-state index in [0.29, 0.717) is 11.6 Å². The van der Waals surface area contributed by atoms with Crippen LogP contribution < -0.4 is 11.5 Å². The molecule has 2 heterocycles. The van der Waals surface area contributed by atoms with Crippen molar-refractivity contribution in [3.63, 3.8) is 0 Å². The number of hydrogen-bond acceptors (Lipinski definition) is 6. The van der Waals surface area contributed by atoms with Gasteiger partial charge in [0, 0.05) is 23.1 Å². The second-order valence-electron chi connectivity index (χ2n) is 3.59. The Morgan fingerprint density at radius 1 is 1.00 bits per heavy atom. The number of anilines is 2. The van der Waals surface area contributed by atoms with E-state index in [1.54, 1.807) is 12.3 Å². The van der Waals surface area contributed by atoms with Gasteiger partial charge in [0.2, 0.25) is 0 Å². The molecule has 102 valence electrons. The molecule has 0 atom stereocenters. The molecule has 0 amide bonds. The average Bonchev–Trinajstić information content (AvgIpc) is 2.33. The predicted octanol–water partition coefficient (Wildman–Crippen LogP) is 1.49. The lowest BCUT2D eigenvalue weighted by Crippen LogP contribution is -1.98. The average molecular weight is 345 g/mol. The van der Waals surface area contributed by atoms with E-state index in [0.717, 1.165) is 10.7 Å². The molecule has 0 aromatic carbocycles. The molecule has 0 spiro atoms. The van der Waals surface area contributed by atoms with E-state index in [1.807, 2.05) is 6.07 Å². The molecule has 2 aromatic rings. The normalized spacial score (nSPS) is 10.4. The highest BCUT2D eigenvalue weighted by Crippen LogP contribution is 2.07. The lowest BCUT2D eigenvalue weighted by atomic mass is 10.5. The second kappa shape index (κ2) is 6.48. The summed E-state index contributed by atoms with van der Waals surface area (Å²) in [6, 6.07) is 6.47. The largest absolute Gasteiger partial charge is 0.384 e. The fraction of sp³-hybridized carbons (Fsp3) is 0.0909. The van der Waals surface area contributed by atoms with Crippen molar-refractivity contribution < 1.29 is 8.42 Å². The van der Waals surface area contributed by atoms with E-state index >= 15 is 0 Å². The fourth-order valence-electron chi connectivity index (χ4n) is 0.998. The van der Waals surface area contributed by atoms with Gasteiger partial charge in [0.1, 0.15) is 11.6 Å². The predicted molar refractivity (Wildman–Crippen MR) is 78.1 cm³/mol. The molecule has 0 radical (unpaired) electrons. The van der Waals surface area contributed by atoms with Crippen molar-refractivity contribution in [2.24, 2.45) is 0 Å². The Bertz CT molecular complexity index is 606. The quantitative estimate of drug-likeness (QED) is 0.810. The highest BCUT2D eigenvalue weighted by atomic mass is 79.9. The van der Waals surface area contributed by atoms with Gasteiger partial charge in [0.25, 0.3) is 0 Å². The van der Waals surface area contributed by atoms with Crippen LogP contribution in [-0.2, 0) is 9.84 Å². The molecular weight excluding hydrogens is 332 g/mol. The number of rotatable bonds is 1. The lowest BCUT2D eigenvalue weighted by Gasteiger charge is -1.95. The van der Waals surface area contributed by atoms with Crippen LogP contribution in [0.1, 0.15) is 0 Å². The van der Waals surface area contributed by atoms with Gasteiger partial charge in [-0.3, -0.25) is 0 Å². The zero-order valence-electron chi connectivity index (χ0n) is 10.1. The number of hydrogen-bond donors (Lipinski definition) is 2. The number of halogens is 1. The van der Waals surface area contributed by atoms with Gasteiger partial charge in [-0.05, 0) is 40.2 Å². The number of nitrogens with zero attached hydrogens (tertiary/aromatic N) is 2. The molecule has 2 rings (SSSR count). The van der Waals surface area contributed by atoms with Gasteiger partial charge in [0.05, 0.1) is 4.90 Å². The summed E-state index contributed by atoms with van der Waals surface area (Å²) in [6.07, 6.45) is 4.03. The molecule has 4 N–H and O–H groups in total. The van der Waals surface area contributed by atoms with Crippen LogP contribution >= 0.6 is 15.9 Å². The summed E-state index contributed by atoms with van der Waals surface area (Å²) < 4.78 is 22.7. The van der Waals surface area contributed by atoms with Crippen LogP contribution in [0.25, 0.3) is 0 Å². The number of nitrogen functional groups attached to an aromatic ring is 2. The first-order chi connectivity index (χ1) is 8.79. The first-order valence-corrected chi connectivity index (χ1v) is 7.76. The Morgan fingerprint density at radius 3 is 1.84 bits per heavy atom. The Kier molecular flexibility index (Phi) is 5.25. The molecule has 0 bridgehead atoms. The van der Waals surface area contributed by atoms with Crippen molar-refractivity contribution in [1.29, 1.82) is 0 Å². The minimum atomic E-state index is -3.14. The van der Waals surface area contributed by atoms with Gasteiger partial charge in [-0.25, -0.2) is 18.4 Å². The van der Waals surface area contributed by atoms with Gasteiger partial charge >= 0.3 is 0 Å². The van der Waals surface area contributed by atoms with E-state index in [9.17, 15) is 8.42 Å². The lowest BCUT2D eigenvalue weighted by molar-refractivity contribution is 0.601. The van der Waals surface area contributed by atoms with Crippen LogP contribution in [0.3, 0.4) is 0 Å². The van der Waals surface area contributed by atoms with Crippen LogP contribution in [0.2, 0.25) is 0 Å². The third-order valence-corrected chi connectivity index (χ3v) is 3.50. The summed E-state index contributed by atoms with van der Waals surface area (Å²) in [5, 5.41) is 0. The summed E-state index contributed by atoms with van der Waals surface area (Å²) in [4.78, 5) is 7.64. The Balaban J connectivity index is 0.000000200. The topological polar surface area (TPSA) is 112 Å². The van der Waals surface area contributed by atoms with E-state index < -0.39 is 9.84 Å². The molecule has 0 aliphatic heterocycles. The minimum absolute atomic E-state index is 0.187. The van der Waals surface area contributed by atoms with E-state index in [4.69, 9.17) is 11.5 Å². The molecule has 8 heteroatoms. The zero-order chi connectivity index (χ0) is 14.5. The van der Waals surface area contributed by atoms with Crippen molar-refractivity contribution in [2.75, 3.05) is 17.7 Å². The monoisotopic (exact) mass is 344 g/mol. The highest BCUT2D eigenvalue weighted by Gasteiger charge is 2.05. The number of pyridine rings is 2. The van der Waals surface area contributed by atoms with E-state index in [1.165, 1.54) is 18.3 Å². The summed E-state index contributed by atoms with van der Waals surface area (Å²) in [7, 11) is -3.14. The Labute approximate surface area is 119 Å². The number of sulfone groups is 1. The molecule has 0 aliphatic rings. The van der Waals surface area contributed by atoms with E-state index in [-0.39, 0.29) is 4.90 Å². The third-order valence-electron chi connectivity index (χ3n) is 1.94. The van der Waals surface area contributed by atoms with Crippen LogP contribution in [0, 0.1) is 0 Å². The van der Waals surface area contributed by atoms with Gasteiger partial charge < -0.3 is 11.5 Å². The summed E-state index contributed by atoms with van der Waals surface area (Å²) in [6.45, 7) is 0. The standard InChI is InChI=1S/C6H8N2O2S.C5H5BrN2/c1-11(9,10)5-2-3-6(7)8-4-5;6-4-1-2-5(7)8-3-4/h2-4H,1H3,(H2,7,8);1-3H,(H2,7,8). The third kappa shape index (κ3) is 5.66. The molecule has 0 fully saturated rings. The maximum Gasteiger partial charge on any atom is 0.177 e. The second-order valence-corrected chi connectivity index (χ2v) is 6.52. The molecule has 0 aliphatic carbocycles. The zero-order valence-corrected chi connectivity index (χ0v) is 12.5. The van der Waals surface area contributed by atoms with Crippen molar-refractivity contribution in [1.82, 2.24) is 9.97 Å². The first-order valence-electron chi connectivity index (χ1n) is 5.07. The van der Waals surface area contributed by atoms with Gasteiger partial charge in [-0.2, -0.15) is 0 Å². The van der Waals surface area contributed by atoms with Crippen LogP contribution in [0.15, 0.2) is 46.0 Å². The van der Waals surface area contributed by atoms with Crippen LogP contribution in [0.5, 0.6) is 0 Å². The van der Waals surface area contributed by atoms with Crippen LogP contribution in [0.4, 0.5) is 11.6 Å². The molecule has 0 saturated heterocycles. The summed E-state index contributed by atoms with van der Waals surface area (Å²) >= 11 is 3.23. The molecular formula is C11H13BrN4O2S. The van der Waals surface area contributed by atoms with Crippen molar-refractivity contribution in [3.05, 3.63) is 41.1 Å². The van der Waals surface area contributed by atoms with Crippen molar-refractivity contribution in [3.8, 4) is 0 Å². The smallest absolute Gasteiger partial charge is 0.177 e. The van der Waals surface area contributed by atoms with Gasteiger partial charge in [-0.15, -0.1) is 0 Å². The molecule has 19 heavy (non-hydrogen) atoms. The van der Waals surface area contributed by atoms with Crippen molar-refractivity contribution in [2.45, 2.75) is 4.90 Å². The molecule has 6 nitrogen and oxygen atoms in total. The molecule has 0 unspecified atom stereocenters. The molecule has 0 saturated carbocycles. The maximum absolute atomic E-state index is 10.9. The van der Waals surface area contributed by atoms with E-state index in [2.05, 4.69) is 25.9 Å². The maximum atomic E-state index is 10.9. The van der Waals surface area contributed by atoms with Crippen LogP contribution in [-0.4, -0.2) is 24.6 Å². The Morgan fingerprint density at radius 2 is 1.53 bits per heavy atom. The van der Waals surface area contributed by atoms with Gasteiger partial charge in [0.15, 0.2) is 9.84 Å². The minimum Gasteiger partial charge on any atom is -0.384 e. The van der Waals surface area contributed by atoms with Gasteiger partial charge in [-0.1, -0.05) is 0 Å². The molecule has 2 aromatic heterocycles. The summed E-state index contributed by atoms with van der Waals surface area (Å²) in [5.74, 6) is 0.866. The highest BCUT2D eigenvalue weighted by molar-refractivity contribution is 9.10.